The number of aryl methyl sites for hydroxylation is 1. The minimum absolute atomic E-state index is 0.196. The third-order valence-electron chi connectivity index (χ3n) is 5.51. The van der Waals surface area contributed by atoms with Gasteiger partial charge in [-0.1, -0.05) is 42.4 Å². The first-order valence-electron chi connectivity index (χ1n) is 10.1. The molecule has 3 aromatic rings. The second kappa shape index (κ2) is 8.24. The maximum atomic E-state index is 13.4. The Morgan fingerprint density at radius 2 is 1.90 bits per heavy atom. The van der Waals surface area contributed by atoms with Gasteiger partial charge in [-0.25, -0.2) is 9.78 Å². The molecule has 0 spiro atoms. The van der Waals surface area contributed by atoms with Gasteiger partial charge in [-0.2, -0.15) is 0 Å². The van der Waals surface area contributed by atoms with E-state index >= 15 is 0 Å². The average Bonchev–Trinajstić information content (AvgIpc) is 3.35. The number of rotatable bonds is 8. The van der Waals surface area contributed by atoms with Crippen molar-refractivity contribution in [1.29, 1.82) is 0 Å². The van der Waals surface area contributed by atoms with Crippen LogP contribution in [-0.2, 0) is 20.1 Å². The maximum Gasteiger partial charge on any atom is 0.332 e. The van der Waals surface area contributed by atoms with Gasteiger partial charge in [0.1, 0.15) is 0 Å². The summed E-state index contributed by atoms with van der Waals surface area (Å²) in [6, 6.07) is 7.48. The van der Waals surface area contributed by atoms with Crippen LogP contribution in [0.15, 0.2) is 39.0 Å². The standard InChI is InChI=1S/C21H25ClN4O3S/c1-3-12-30-19-23-17-16(26(19)13-14-4-6-15(22)7-5-14)18(27)25(20(28)24(17)2)11-10-21(29)8-9-21/h4-7,29H,3,8-13H2,1-2H3. The summed E-state index contributed by atoms with van der Waals surface area (Å²) >= 11 is 7.59. The van der Waals surface area contributed by atoms with Crippen molar-refractivity contribution >= 4 is 34.5 Å². The van der Waals surface area contributed by atoms with Crippen LogP contribution in [0.5, 0.6) is 0 Å². The van der Waals surface area contributed by atoms with Crippen LogP contribution in [0, 0.1) is 0 Å². The maximum absolute atomic E-state index is 13.4. The van der Waals surface area contributed by atoms with Gasteiger partial charge >= 0.3 is 5.69 Å². The van der Waals surface area contributed by atoms with E-state index < -0.39 is 11.3 Å². The third kappa shape index (κ3) is 4.08. The Bertz CT molecular complexity index is 1190. The van der Waals surface area contributed by atoms with Crippen molar-refractivity contribution in [1.82, 2.24) is 18.7 Å². The number of aromatic nitrogens is 4. The highest BCUT2D eigenvalue weighted by atomic mass is 35.5. The molecule has 0 aliphatic heterocycles. The highest BCUT2D eigenvalue weighted by molar-refractivity contribution is 7.99. The molecule has 0 saturated heterocycles. The second-order valence-electron chi connectivity index (χ2n) is 7.90. The van der Waals surface area contributed by atoms with Crippen LogP contribution in [0.4, 0.5) is 0 Å². The van der Waals surface area contributed by atoms with Crippen LogP contribution >= 0.6 is 23.4 Å². The summed E-state index contributed by atoms with van der Waals surface area (Å²) in [6.45, 7) is 2.74. The second-order valence-corrected chi connectivity index (χ2v) is 9.40. The van der Waals surface area contributed by atoms with E-state index in [0.29, 0.717) is 34.3 Å². The summed E-state index contributed by atoms with van der Waals surface area (Å²) in [7, 11) is 1.64. The van der Waals surface area contributed by atoms with Gasteiger partial charge in [-0.05, 0) is 43.4 Å². The van der Waals surface area contributed by atoms with Crippen molar-refractivity contribution in [3.8, 4) is 0 Å². The van der Waals surface area contributed by atoms with Crippen molar-refractivity contribution < 1.29 is 5.11 Å². The monoisotopic (exact) mass is 448 g/mol. The zero-order valence-corrected chi connectivity index (χ0v) is 18.7. The molecule has 1 fully saturated rings. The number of nitrogens with zero attached hydrogens (tertiary/aromatic N) is 4. The first-order valence-corrected chi connectivity index (χ1v) is 11.5. The fourth-order valence-electron chi connectivity index (χ4n) is 3.49. The Morgan fingerprint density at radius 3 is 2.53 bits per heavy atom. The minimum atomic E-state index is -0.731. The molecule has 0 bridgehead atoms. The van der Waals surface area contributed by atoms with E-state index in [2.05, 4.69) is 11.9 Å². The molecule has 9 heteroatoms. The summed E-state index contributed by atoms with van der Waals surface area (Å²) in [5.41, 5.74) is 0.295. The van der Waals surface area contributed by atoms with Gasteiger partial charge in [-0.15, -0.1) is 0 Å². The van der Waals surface area contributed by atoms with Crippen molar-refractivity contribution in [2.45, 2.75) is 56.5 Å². The lowest BCUT2D eigenvalue weighted by Crippen LogP contribution is -2.40. The molecule has 1 aromatic carbocycles. The van der Waals surface area contributed by atoms with Gasteiger partial charge in [0.25, 0.3) is 5.56 Å². The first kappa shape index (κ1) is 21.2. The Balaban J connectivity index is 1.85. The first-order chi connectivity index (χ1) is 14.3. The number of halogens is 1. The fourth-order valence-corrected chi connectivity index (χ4v) is 4.46. The van der Waals surface area contributed by atoms with E-state index in [9.17, 15) is 14.7 Å². The predicted molar refractivity (Wildman–Crippen MR) is 120 cm³/mol. The minimum Gasteiger partial charge on any atom is -0.390 e. The van der Waals surface area contributed by atoms with E-state index in [4.69, 9.17) is 11.6 Å². The predicted octanol–water partition coefficient (Wildman–Crippen LogP) is 3.02. The normalized spacial score (nSPS) is 15.1. The van der Waals surface area contributed by atoms with Crippen molar-refractivity contribution in [3.05, 3.63) is 55.7 Å². The van der Waals surface area contributed by atoms with Crippen molar-refractivity contribution in [2.24, 2.45) is 7.05 Å². The van der Waals surface area contributed by atoms with E-state index in [1.54, 1.807) is 18.8 Å². The topological polar surface area (TPSA) is 82.1 Å². The lowest BCUT2D eigenvalue weighted by molar-refractivity contribution is 0.133. The molecular formula is C21H25ClN4O3S. The third-order valence-corrected chi connectivity index (χ3v) is 6.95. The fraction of sp³-hybridized carbons (Fsp3) is 0.476. The molecule has 1 saturated carbocycles. The molecule has 0 atom stereocenters. The van der Waals surface area contributed by atoms with Crippen LogP contribution in [0.2, 0.25) is 5.02 Å². The van der Waals surface area contributed by atoms with Crippen LogP contribution in [0.1, 0.15) is 38.2 Å². The van der Waals surface area contributed by atoms with E-state index in [1.807, 2.05) is 28.8 Å². The average molecular weight is 449 g/mol. The van der Waals surface area contributed by atoms with Crippen LogP contribution < -0.4 is 11.2 Å². The van der Waals surface area contributed by atoms with E-state index in [1.165, 1.54) is 9.13 Å². The van der Waals surface area contributed by atoms with Gasteiger partial charge < -0.3 is 9.67 Å². The summed E-state index contributed by atoms with van der Waals surface area (Å²) in [5, 5.41) is 11.5. The molecule has 0 radical (unpaired) electrons. The number of fused-ring (bicyclic) bond motifs is 1. The molecule has 160 valence electrons. The Labute approximate surface area is 183 Å². The van der Waals surface area contributed by atoms with Crippen LogP contribution in [-0.4, -0.2) is 35.1 Å². The quantitative estimate of drug-likeness (QED) is 0.535. The van der Waals surface area contributed by atoms with Gasteiger partial charge in [0, 0.05) is 24.4 Å². The molecule has 2 aromatic heterocycles. The van der Waals surface area contributed by atoms with Gasteiger partial charge in [-0.3, -0.25) is 13.9 Å². The molecule has 4 rings (SSSR count). The van der Waals surface area contributed by atoms with Gasteiger partial charge in [0.2, 0.25) is 0 Å². The lowest BCUT2D eigenvalue weighted by Gasteiger charge is -2.12. The largest absolute Gasteiger partial charge is 0.390 e. The molecule has 30 heavy (non-hydrogen) atoms. The van der Waals surface area contributed by atoms with Crippen molar-refractivity contribution in [2.75, 3.05) is 5.75 Å². The SMILES string of the molecule is CCCSc1nc2c(c(=O)n(CCC3(O)CC3)c(=O)n2C)n1Cc1ccc(Cl)cc1. The molecule has 7 nitrogen and oxygen atoms in total. The number of benzene rings is 1. The summed E-state index contributed by atoms with van der Waals surface area (Å²) in [6.07, 6.45) is 2.81. The van der Waals surface area contributed by atoms with Gasteiger partial charge in [0.05, 0.1) is 12.1 Å². The molecule has 2 heterocycles. The number of hydrogen-bond donors (Lipinski definition) is 1. The zero-order chi connectivity index (χ0) is 21.5. The number of hydrogen-bond acceptors (Lipinski definition) is 5. The Kier molecular flexibility index (Phi) is 5.83. The highest BCUT2D eigenvalue weighted by Crippen LogP contribution is 2.38. The Hall–Kier alpha value is -2.03. The molecule has 1 aliphatic carbocycles. The summed E-state index contributed by atoms with van der Waals surface area (Å²) in [5.74, 6) is 0.860. The van der Waals surface area contributed by atoms with E-state index in [-0.39, 0.29) is 12.1 Å². The highest BCUT2D eigenvalue weighted by Gasteiger charge is 2.40. The molecule has 0 unspecified atom stereocenters. The number of imidazole rings is 1. The lowest BCUT2D eigenvalue weighted by atomic mass is 10.2. The van der Waals surface area contributed by atoms with Crippen molar-refractivity contribution in [3.63, 3.8) is 0 Å². The van der Waals surface area contributed by atoms with E-state index in [0.717, 1.165) is 30.6 Å². The van der Waals surface area contributed by atoms with Gasteiger partial charge in [0.15, 0.2) is 16.3 Å². The Morgan fingerprint density at radius 1 is 1.20 bits per heavy atom. The van der Waals surface area contributed by atoms with Crippen LogP contribution in [0.25, 0.3) is 11.2 Å². The zero-order valence-electron chi connectivity index (χ0n) is 17.1. The summed E-state index contributed by atoms with van der Waals surface area (Å²) in [4.78, 5) is 30.9. The number of thioether (sulfide) groups is 1. The molecular weight excluding hydrogens is 424 g/mol. The van der Waals surface area contributed by atoms with Crippen LogP contribution in [0.3, 0.4) is 0 Å². The molecule has 1 N–H and O–H groups in total. The summed E-state index contributed by atoms with van der Waals surface area (Å²) < 4.78 is 4.55. The number of aliphatic hydroxyl groups is 1. The molecule has 1 aliphatic rings. The smallest absolute Gasteiger partial charge is 0.332 e. The molecule has 0 amide bonds.